The molecule has 0 aliphatic rings. The van der Waals surface area contributed by atoms with Gasteiger partial charge in [-0.15, -0.1) is 0 Å². The van der Waals surface area contributed by atoms with Crippen molar-refractivity contribution < 1.29 is 9.52 Å². The molecule has 0 amide bonds. The van der Waals surface area contributed by atoms with E-state index in [-0.39, 0.29) is 10.8 Å². The van der Waals surface area contributed by atoms with Crippen LogP contribution in [0.2, 0.25) is 5.02 Å². The van der Waals surface area contributed by atoms with Gasteiger partial charge < -0.3 is 9.52 Å². The molecule has 0 bridgehead atoms. The minimum absolute atomic E-state index is 0.0154. The lowest BCUT2D eigenvalue weighted by atomic mass is 10.1. The van der Waals surface area contributed by atoms with Crippen molar-refractivity contribution in [3.05, 3.63) is 38.7 Å². The summed E-state index contributed by atoms with van der Waals surface area (Å²) < 4.78 is 4.99. The van der Waals surface area contributed by atoms with E-state index in [1.165, 1.54) is 0 Å². The maximum Gasteiger partial charge on any atom is 0.355 e. The molecule has 4 heteroatoms. The minimum Gasteiger partial charge on any atom is -0.507 e. The van der Waals surface area contributed by atoms with Gasteiger partial charge in [-0.3, -0.25) is 0 Å². The summed E-state index contributed by atoms with van der Waals surface area (Å²) in [5.74, 6) is 0.0770. The molecule has 1 heterocycles. The van der Waals surface area contributed by atoms with Crippen LogP contribution in [0.4, 0.5) is 0 Å². The Bertz CT molecular complexity index is 599. The Morgan fingerprint density at radius 2 is 2.00 bits per heavy atom. The number of phenols is 1. The van der Waals surface area contributed by atoms with Crippen molar-refractivity contribution in [2.45, 2.75) is 13.8 Å². The van der Waals surface area contributed by atoms with Crippen molar-refractivity contribution in [2.24, 2.45) is 0 Å². The second-order valence-electron chi connectivity index (χ2n) is 3.49. The quantitative estimate of drug-likeness (QED) is 0.700. The molecule has 1 aromatic carbocycles. The molecule has 0 fully saturated rings. The lowest BCUT2D eigenvalue weighted by Crippen LogP contribution is -2.02. The average Bonchev–Trinajstić information content (AvgIpc) is 2.13. The first kappa shape index (κ1) is 10.1. The summed E-state index contributed by atoms with van der Waals surface area (Å²) in [5, 5.41) is 10.2. The van der Waals surface area contributed by atoms with Crippen LogP contribution in [0.1, 0.15) is 11.1 Å². The van der Waals surface area contributed by atoms with Crippen molar-refractivity contribution in [3.63, 3.8) is 0 Å². The topological polar surface area (TPSA) is 50.4 Å². The zero-order chi connectivity index (χ0) is 11.2. The molecule has 0 saturated heterocycles. The van der Waals surface area contributed by atoms with Crippen LogP contribution >= 0.6 is 11.6 Å². The Labute approximate surface area is 90.9 Å². The summed E-state index contributed by atoms with van der Waals surface area (Å²) in [6.07, 6.45) is 0. The molecule has 15 heavy (non-hydrogen) atoms. The van der Waals surface area contributed by atoms with E-state index in [1.54, 1.807) is 19.1 Å². The van der Waals surface area contributed by atoms with E-state index >= 15 is 0 Å². The number of hydrogen-bond acceptors (Lipinski definition) is 3. The minimum atomic E-state index is -0.577. The first-order chi connectivity index (χ1) is 7.00. The molecule has 0 atom stereocenters. The van der Waals surface area contributed by atoms with Crippen molar-refractivity contribution in [2.75, 3.05) is 0 Å². The zero-order valence-electron chi connectivity index (χ0n) is 8.30. The number of halogens is 1. The van der Waals surface area contributed by atoms with Crippen LogP contribution < -0.4 is 5.63 Å². The summed E-state index contributed by atoms with van der Waals surface area (Å²) in [4.78, 5) is 11.3. The molecule has 2 rings (SSSR count). The third-order valence-electron chi connectivity index (χ3n) is 2.31. The summed E-state index contributed by atoms with van der Waals surface area (Å²) in [6.45, 7) is 3.49. The van der Waals surface area contributed by atoms with Crippen molar-refractivity contribution in [1.82, 2.24) is 0 Å². The second kappa shape index (κ2) is 3.28. The fourth-order valence-corrected chi connectivity index (χ4v) is 1.73. The highest BCUT2D eigenvalue weighted by molar-refractivity contribution is 6.32. The van der Waals surface area contributed by atoms with E-state index in [2.05, 4.69) is 0 Å². The monoisotopic (exact) mass is 224 g/mol. The smallest absolute Gasteiger partial charge is 0.355 e. The molecular weight excluding hydrogens is 216 g/mol. The van der Waals surface area contributed by atoms with Crippen molar-refractivity contribution in [3.8, 4) is 5.75 Å². The molecule has 3 nitrogen and oxygen atoms in total. The van der Waals surface area contributed by atoms with Crippen LogP contribution in [0.25, 0.3) is 11.0 Å². The number of rotatable bonds is 0. The molecule has 0 saturated carbocycles. The average molecular weight is 225 g/mol. The number of benzene rings is 1. The Morgan fingerprint density at radius 1 is 1.33 bits per heavy atom. The van der Waals surface area contributed by atoms with Gasteiger partial charge in [0, 0.05) is 0 Å². The SMILES string of the molecule is Cc1cc(O)c2c(C)c(Cl)c(=O)oc2c1. The van der Waals surface area contributed by atoms with Gasteiger partial charge >= 0.3 is 5.63 Å². The number of hydrogen-bond donors (Lipinski definition) is 1. The highest BCUT2D eigenvalue weighted by atomic mass is 35.5. The van der Waals surface area contributed by atoms with Crippen LogP contribution in [0.15, 0.2) is 21.3 Å². The number of phenolic OH excluding ortho intramolecular Hbond substituents is 1. The van der Waals surface area contributed by atoms with Gasteiger partial charge in [-0.05, 0) is 37.1 Å². The normalized spacial score (nSPS) is 10.9. The molecule has 1 aromatic heterocycles. The van der Waals surface area contributed by atoms with Gasteiger partial charge in [-0.25, -0.2) is 4.79 Å². The fraction of sp³-hybridized carbons (Fsp3) is 0.182. The van der Waals surface area contributed by atoms with Gasteiger partial charge in [0.05, 0.1) is 5.39 Å². The van der Waals surface area contributed by atoms with Gasteiger partial charge in [0.1, 0.15) is 16.4 Å². The molecular formula is C11H9ClO3. The van der Waals surface area contributed by atoms with E-state index in [0.717, 1.165) is 5.56 Å². The molecule has 0 aliphatic heterocycles. The molecule has 1 N–H and O–H groups in total. The summed E-state index contributed by atoms with van der Waals surface area (Å²) in [7, 11) is 0. The molecule has 2 aromatic rings. The lowest BCUT2D eigenvalue weighted by Gasteiger charge is -2.05. The molecule has 0 spiro atoms. The number of aromatic hydroxyl groups is 1. The molecule has 0 unspecified atom stereocenters. The van der Waals surface area contributed by atoms with Gasteiger partial charge in [0.25, 0.3) is 0 Å². The van der Waals surface area contributed by atoms with Crippen molar-refractivity contribution >= 4 is 22.6 Å². The van der Waals surface area contributed by atoms with Gasteiger partial charge in [0.2, 0.25) is 0 Å². The highest BCUT2D eigenvalue weighted by Gasteiger charge is 2.12. The third kappa shape index (κ3) is 1.49. The van der Waals surface area contributed by atoms with Crippen molar-refractivity contribution in [1.29, 1.82) is 0 Å². The highest BCUT2D eigenvalue weighted by Crippen LogP contribution is 2.30. The standard InChI is InChI=1S/C11H9ClO3/c1-5-3-7(13)9-6(2)10(12)11(14)15-8(9)4-5/h3-4,13H,1-2H3. The lowest BCUT2D eigenvalue weighted by molar-refractivity contribution is 0.478. The van der Waals surface area contributed by atoms with Gasteiger partial charge in [0.15, 0.2) is 0 Å². The van der Waals surface area contributed by atoms with E-state index in [4.69, 9.17) is 16.0 Å². The van der Waals surface area contributed by atoms with E-state index in [0.29, 0.717) is 16.5 Å². The van der Waals surface area contributed by atoms with Crippen LogP contribution in [-0.2, 0) is 0 Å². The van der Waals surface area contributed by atoms with Crippen LogP contribution in [0.3, 0.4) is 0 Å². The van der Waals surface area contributed by atoms with E-state index in [9.17, 15) is 9.90 Å². The zero-order valence-corrected chi connectivity index (χ0v) is 9.05. The predicted molar refractivity (Wildman–Crippen MR) is 58.6 cm³/mol. The third-order valence-corrected chi connectivity index (χ3v) is 2.75. The Morgan fingerprint density at radius 3 is 2.67 bits per heavy atom. The van der Waals surface area contributed by atoms with Gasteiger partial charge in [-0.1, -0.05) is 11.6 Å². The second-order valence-corrected chi connectivity index (χ2v) is 3.86. The molecule has 0 radical (unpaired) electrons. The summed E-state index contributed by atoms with van der Waals surface area (Å²) in [5.41, 5.74) is 1.15. The van der Waals surface area contributed by atoms with Gasteiger partial charge in [-0.2, -0.15) is 0 Å². The summed E-state index contributed by atoms with van der Waals surface area (Å²) in [6, 6.07) is 3.30. The van der Waals surface area contributed by atoms with Crippen LogP contribution in [0, 0.1) is 13.8 Å². The first-order valence-electron chi connectivity index (χ1n) is 4.43. The maximum absolute atomic E-state index is 11.3. The van der Waals surface area contributed by atoms with E-state index in [1.807, 2.05) is 6.92 Å². The largest absolute Gasteiger partial charge is 0.507 e. The number of fused-ring (bicyclic) bond motifs is 1. The number of aryl methyl sites for hydroxylation is 2. The maximum atomic E-state index is 11.3. The first-order valence-corrected chi connectivity index (χ1v) is 4.81. The predicted octanol–water partition coefficient (Wildman–Crippen LogP) is 2.77. The fourth-order valence-electron chi connectivity index (χ4n) is 1.60. The Hall–Kier alpha value is -1.48. The van der Waals surface area contributed by atoms with E-state index < -0.39 is 5.63 Å². The van der Waals surface area contributed by atoms with Crippen LogP contribution in [0.5, 0.6) is 5.75 Å². The summed E-state index contributed by atoms with van der Waals surface area (Å²) >= 11 is 5.75. The molecule has 78 valence electrons. The molecule has 0 aliphatic carbocycles. The Kier molecular flexibility index (Phi) is 2.20. The van der Waals surface area contributed by atoms with Crippen LogP contribution in [-0.4, -0.2) is 5.11 Å². The Balaban J connectivity index is 3.05.